The Morgan fingerprint density at radius 2 is 2.06 bits per heavy atom. The van der Waals surface area contributed by atoms with Crippen LogP contribution in [0.2, 0.25) is 0 Å². The van der Waals surface area contributed by atoms with Crippen LogP contribution in [0.1, 0.15) is 49.6 Å². The van der Waals surface area contributed by atoms with Gasteiger partial charge in [0.05, 0.1) is 6.54 Å². The molecular formula is C14H23NO3. The molecule has 1 atom stereocenters. The lowest BCUT2D eigenvalue weighted by molar-refractivity contribution is 0.0654. The Morgan fingerprint density at radius 1 is 1.50 bits per heavy atom. The second-order valence-corrected chi connectivity index (χ2v) is 5.99. The molecule has 0 spiro atoms. The average molecular weight is 253 g/mol. The minimum absolute atomic E-state index is 0.0433. The number of nitrogens with zero attached hydrogens (tertiary/aromatic N) is 1. The molecule has 0 aromatic carbocycles. The summed E-state index contributed by atoms with van der Waals surface area (Å²) in [6.45, 7) is 11.1. The van der Waals surface area contributed by atoms with Crippen LogP contribution in [-0.2, 0) is 6.54 Å². The molecule has 1 aromatic rings. The fourth-order valence-corrected chi connectivity index (χ4v) is 1.88. The first-order valence-electron chi connectivity index (χ1n) is 6.15. The van der Waals surface area contributed by atoms with Crippen LogP contribution in [0.15, 0.2) is 10.5 Å². The number of carboxylic acid groups (broad SMARTS) is 1. The van der Waals surface area contributed by atoms with Crippen LogP contribution in [0.4, 0.5) is 0 Å². The van der Waals surface area contributed by atoms with Crippen molar-refractivity contribution >= 4 is 5.97 Å². The van der Waals surface area contributed by atoms with Crippen molar-refractivity contribution in [3.63, 3.8) is 0 Å². The SMILES string of the molecule is Cc1cc(CN(C)C(C)C(C)(C)C)oc1C(=O)O. The molecule has 102 valence electrons. The van der Waals surface area contributed by atoms with E-state index >= 15 is 0 Å². The highest BCUT2D eigenvalue weighted by molar-refractivity contribution is 5.86. The molecule has 0 amide bonds. The van der Waals surface area contributed by atoms with Crippen molar-refractivity contribution < 1.29 is 14.3 Å². The number of rotatable bonds is 4. The third-order valence-corrected chi connectivity index (χ3v) is 3.48. The maximum Gasteiger partial charge on any atom is 0.372 e. The predicted molar refractivity (Wildman–Crippen MR) is 70.8 cm³/mol. The van der Waals surface area contributed by atoms with Gasteiger partial charge in [-0.05, 0) is 32.4 Å². The molecule has 0 aliphatic rings. The summed E-state index contributed by atoms with van der Waals surface area (Å²) in [5, 5.41) is 8.94. The van der Waals surface area contributed by atoms with Crippen LogP contribution in [0.3, 0.4) is 0 Å². The monoisotopic (exact) mass is 253 g/mol. The molecule has 0 saturated heterocycles. The first-order chi connectivity index (χ1) is 8.12. The van der Waals surface area contributed by atoms with Gasteiger partial charge in [-0.15, -0.1) is 0 Å². The number of aryl methyl sites for hydroxylation is 1. The third kappa shape index (κ3) is 3.35. The Hall–Kier alpha value is -1.29. The van der Waals surface area contributed by atoms with Gasteiger partial charge in [-0.1, -0.05) is 20.8 Å². The summed E-state index contributed by atoms with van der Waals surface area (Å²) in [5.74, 6) is -0.268. The van der Waals surface area contributed by atoms with Gasteiger partial charge in [0.1, 0.15) is 5.76 Å². The Bertz CT molecular complexity index is 429. The zero-order valence-corrected chi connectivity index (χ0v) is 12.1. The molecule has 0 saturated carbocycles. The standard InChI is InChI=1S/C14H23NO3/c1-9-7-11(18-12(9)13(16)17)8-15(6)10(2)14(3,4)5/h7,10H,8H2,1-6H3,(H,16,17). The summed E-state index contributed by atoms with van der Waals surface area (Å²) in [7, 11) is 2.02. The van der Waals surface area contributed by atoms with Crippen molar-refractivity contribution in [3.8, 4) is 0 Å². The van der Waals surface area contributed by atoms with E-state index in [1.807, 2.05) is 7.05 Å². The smallest absolute Gasteiger partial charge is 0.372 e. The molecule has 1 unspecified atom stereocenters. The van der Waals surface area contributed by atoms with E-state index < -0.39 is 5.97 Å². The molecule has 0 fully saturated rings. The normalized spacial score (nSPS) is 13.9. The molecule has 1 rings (SSSR count). The first-order valence-corrected chi connectivity index (χ1v) is 6.15. The lowest BCUT2D eigenvalue weighted by atomic mass is 9.87. The number of hydrogen-bond acceptors (Lipinski definition) is 3. The van der Waals surface area contributed by atoms with Crippen molar-refractivity contribution in [2.24, 2.45) is 5.41 Å². The molecule has 0 bridgehead atoms. The van der Waals surface area contributed by atoms with Crippen LogP contribution in [-0.4, -0.2) is 29.1 Å². The molecule has 4 nitrogen and oxygen atoms in total. The topological polar surface area (TPSA) is 53.7 Å². The minimum atomic E-state index is -1.01. The summed E-state index contributed by atoms with van der Waals surface area (Å²) < 4.78 is 5.37. The number of carboxylic acids is 1. The molecule has 4 heteroatoms. The molecule has 0 radical (unpaired) electrons. The summed E-state index contributed by atoms with van der Waals surface area (Å²) in [4.78, 5) is 13.1. The van der Waals surface area contributed by atoms with E-state index in [9.17, 15) is 4.79 Å². The predicted octanol–water partition coefficient (Wildman–Crippen LogP) is 3.15. The van der Waals surface area contributed by atoms with Gasteiger partial charge in [0, 0.05) is 11.6 Å². The van der Waals surface area contributed by atoms with E-state index in [1.165, 1.54) is 0 Å². The quantitative estimate of drug-likeness (QED) is 0.895. The van der Waals surface area contributed by atoms with Crippen molar-refractivity contribution in [2.75, 3.05) is 7.05 Å². The number of aromatic carboxylic acids is 1. The summed E-state index contributed by atoms with van der Waals surface area (Å²) in [6, 6.07) is 2.17. The van der Waals surface area contributed by atoms with Crippen LogP contribution in [0.25, 0.3) is 0 Å². The fraction of sp³-hybridized carbons (Fsp3) is 0.643. The largest absolute Gasteiger partial charge is 0.475 e. The molecule has 0 aliphatic heterocycles. The fourth-order valence-electron chi connectivity index (χ4n) is 1.88. The van der Waals surface area contributed by atoms with Crippen LogP contribution >= 0.6 is 0 Å². The Kier molecular flexibility index (Phi) is 4.22. The average Bonchev–Trinajstić information content (AvgIpc) is 2.56. The Labute approximate surface area is 109 Å². The van der Waals surface area contributed by atoms with Crippen LogP contribution in [0, 0.1) is 12.3 Å². The number of carbonyl (C=O) groups is 1. The van der Waals surface area contributed by atoms with E-state index in [0.717, 1.165) is 0 Å². The van der Waals surface area contributed by atoms with Gasteiger partial charge in [-0.3, -0.25) is 4.90 Å². The van der Waals surface area contributed by atoms with Gasteiger partial charge < -0.3 is 9.52 Å². The van der Waals surface area contributed by atoms with Gasteiger partial charge in [0.25, 0.3) is 0 Å². The number of hydrogen-bond donors (Lipinski definition) is 1. The van der Waals surface area contributed by atoms with Crippen LogP contribution in [0.5, 0.6) is 0 Å². The summed E-state index contributed by atoms with van der Waals surface area (Å²) >= 11 is 0. The van der Waals surface area contributed by atoms with E-state index in [4.69, 9.17) is 9.52 Å². The lowest BCUT2D eigenvalue weighted by Crippen LogP contribution is -2.38. The molecule has 1 heterocycles. The van der Waals surface area contributed by atoms with Gasteiger partial charge in [-0.25, -0.2) is 4.79 Å². The Morgan fingerprint density at radius 3 is 2.44 bits per heavy atom. The summed E-state index contributed by atoms with van der Waals surface area (Å²) in [6.07, 6.45) is 0. The molecule has 1 N–H and O–H groups in total. The van der Waals surface area contributed by atoms with Crippen LogP contribution < -0.4 is 0 Å². The number of furan rings is 1. The second-order valence-electron chi connectivity index (χ2n) is 5.99. The van der Waals surface area contributed by atoms with Crippen molar-refractivity contribution in [3.05, 3.63) is 23.2 Å². The van der Waals surface area contributed by atoms with E-state index in [2.05, 4.69) is 32.6 Å². The first kappa shape index (κ1) is 14.8. The highest BCUT2D eigenvalue weighted by atomic mass is 16.4. The van der Waals surface area contributed by atoms with Gasteiger partial charge >= 0.3 is 5.97 Å². The van der Waals surface area contributed by atoms with Gasteiger partial charge in [-0.2, -0.15) is 0 Å². The van der Waals surface area contributed by atoms with Crippen molar-refractivity contribution in [2.45, 2.75) is 47.2 Å². The maximum absolute atomic E-state index is 10.9. The highest BCUT2D eigenvalue weighted by Gasteiger charge is 2.25. The van der Waals surface area contributed by atoms with Crippen molar-refractivity contribution in [1.29, 1.82) is 0 Å². The molecule has 1 aromatic heterocycles. The van der Waals surface area contributed by atoms with Gasteiger partial charge in [0.15, 0.2) is 0 Å². The van der Waals surface area contributed by atoms with Crippen molar-refractivity contribution in [1.82, 2.24) is 4.90 Å². The third-order valence-electron chi connectivity index (χ3n) is 3.48. The maximum atomic E-state index is 10.9. The zero-order valence-electron chi connectivity index (χ0n) is 12.1. The van der Waals surface area contributed by atoms with E-state index in [0.29, 0.717) is 23.9 Å². The zero-order chi connectivity index (χ0) is 14.1. The van der Waals surface area contributed by atoms with Gasteiger partial charge in [0.2, 0.25) is 5.76 Å². The lowest BCUT2D eigenvalue weighted by Gasteiger charge is -2.34. The second kappa shape index (κ2) is 5.14. The minimum Gasteiger partial charge on any atom is -0.475 e. The molecular weight excluding hydrogens is 230 g/mol. The van der Waals surface area contributed by atoms with E-state index in [1.54, 1.807) is 13.0 Å². The highest BCUT2D eigenvalue weighted by Crippen LogP contribution is 2.25. The Balaban J connectivity index is 2.80. The van der Waals surface area contributed by atoms with E-state index in [-0.39, 0.29) is 11.2 Å². The molecule has 18 heavy (non-hydrogen) atoms. The molecule has 0 aliphatic carbocycles. The summed E-state index contributed by atoms with van der Waals surface area (Å²) in [5.41, 5.74) is 0.848.